The number of pyridine rings is 1. The largest absolute Gasteiger partial charge is 0.337 e. The highest BCUT2D eigenvalue weighted by atomic mass is 16.2. The molecule has 0 aliphatic carbocycles. The van der Waals surface area contributed by atoms with Crippen molar-refractivity contribution in [2.45, 2.75) is 6.42 Å². The lowest BCUT2D eigenvalue weighted by atomic mass is 9.94. The second kappa shape index (κ2) is 10.1. The molecule has 1 aliphatic heterocycles. The van der Waals surface area contributed by atoms with E-state index in [2.05, 4.69) is 41.9 Å². The summed E-state index contributed by atoms with van der Waals surface area (Å²) in [5.74, 6) is -0.307. The lowest BCUT2D eigenvalue weighted by Gasteiger charge is -2.24. The van der Waals surface area contributed by atoms with Crippen LogP contribution in [0.4, 0.5) is 0 Å². The first-order valence-electron chi connectivity index (χ1n) is 10.9. The minimum Gasteiger partial charge on any atom is -0.337 e. The monoisotopic (exact) mass is 425 g/mol. The number of aromatic nitrogens is 1. The Bertz CT molecular complexity index is 1080. The predicted molar refractivity (Wildman–Crippen MR) is 126 cm³/mol. The molecule has 1 saturated heterocycles. The zero-order valence-electron chi connectivity index (χ0n) is 18.1. The Morgan fingerprint density at radius 1 is 1.00 bits per heavy atom. The van der Waals surface area contributed by atoms with Gasteiger partial charge < -0.3 is 9.80 Å². The molecule has 0 bridgehead atoms. The van der Waals surface area contributed by atoms with E-state index in [4.69, 9.17) is 0 Å². The SMILES string of the molecule is C=CCN1CCN(C(=O)c2ccncc2)CC(Cc2cccc(-c3ccccc3)c2)C1=O. The maximum Gasteiger partial charge on any atom is 0.254 e. The molecule has 0 spiro atoms. The summed E-state index contributed by atoms with van der Waals surface area (Å²) in [6.45, 7) is 5.67. The number of nitrogens with zero attached hydrogens (tertiary/aromatic N) is 3. The number of carbonyl (C=O) groups is 2. The van der Waals surface area contributed by atoms with Crippen LogP contribution in [0.1, 0.15) is 15.9 Å². The third kappa shape index (κ3) is 4.94. The molecule has 3 aromatic rings. The third-order valence-electron chi connectivity index (χ3n) is 5.82. The fourth-order valence-electron chi connectivity index (χ4n) is 4.19. The van der Waals surface area contributed by atoms with Gasteiger partial charge in [0.05, 0.1) is 5.92 Å². The Morgan fingerprint density at radius 3 is 2.50 bits per heavy atom. The lowest BCUT2D eigenvalue weighted by molar-refractivity contribution is -0.134. The first-order chi connectivity index (χ1) is 15.7. The van der Waals surface area contributed by atoms with Gasteiger partial charge in [-0.15, -0.1) is 6.58 Å². The average molecular weight is 426 g/mol. The van der Waals surface area contributed by atoms with Crippen molar-refractivity contribution in [3.05, 3.63) is 103 Å². The van der Waals surface area contributed by atoms with E-state index < -0.39 is 0 Å². The summed E-state index contributed by atoms with van der Waals surface area (Å²) in [5.41, 5.74) is 3.94. The zero-order valence-corrected chi connectivity index (χ0v) is 18.1. The van der Waals surface area contributed by atoms with E-state index in [0.29, 0.717) is 38.2 Å². The molecule has 32 heavy (non-hydrogen) atoms. The van der Waals surface area contributed by atoms with Crippen LogP contribution in [0.25, 0.3) is 11.1 Å². The van der Waals surface area contributed by atoms with Crippen molar-refractivity contribution in [2.75, 3.05) is 26.2 Å². The van der Waals surface area contributed by atoms with Gasteiger partial charge in [-0.3, -0.25) is 14.6 Å². The Morgan fingerprint density at radius 2 is 1.75 bits per heavy atom. The first kappa shape index (κ1) is 21.5. The Hall–Kier alpha value is -3.73. The Balaban J connectivity index is 1.59. The van der Waals surface area contributed by atoms with Gasteiger partial charge in [0.15, 0.2) is 0 Å². The highest BCUT2D eigenvalue weighted by molar-refractivity contribution is 5.94. The van der Waals surface area contributed by atoms with Crippen LogP contribution in [-0.2, 0) is 11.2 Å². The van der Waals surface area contributed by atoms with Crippen LogP contribution in [0.2, 0.25) is 0 Å². The molecule has 1 aromatic heterocycles. The molecule has 0 saturated carbocycles. The van der Waals surface area contributed by atoms with Crippen molar-refractivity contribution in [3.8, 4) is 11.1 Å². The predicted octanol–water partition coefficient (Wildman–Crippen LogP) is 4.08. The fourth-order valence-corrected chi connectivity index (χ4v) is 4.19. The molecule has 1 atom stereocenters. The van der Waals surface area contributed by atoms with Gasteiger partial charge in [-0.1, -0.05) is 60.7 Å². The van der Waals surface area contributed by atoms with Crippen molar-refractivity contribution in [3.63, 3.8) is 0 Å². The quantitative estimate of drug-likeness (QED) is 0.559. The van der Waals surface area contributed by atoms with E-state index in [1.807, 2.05) is 24.3 Å². The molecule has 2 aromatic carbocycles. The summed E-state index contributed by atoms with van der Waals surface area (Å²) < 4.78 is 0. The molecule has 1 aliphatic rings. The van der Waals surface area contributed by atoms with E-state index >= 15 is 0 Å². The van der Waals surface area contributed by atoms with E-state index in [1.54, 1.807) is 40.4 Å². The highest BCUT2D eigenvalue weighted by Gasteiger charge is 2.32. The van der Waals surface area contributed by atoms with Crippen LogP contribution < -0.4 is 0 Å². The molecule has 0 radical (unpaired) electrons. The van der Waals surface area contributed by atoms with Crippen LogP contribution >= 0.6 is 0 Å². The van der Waals surface area contributed by atoms with Crippen molar-refractivity contribution >= 4 is 11.8 Å². The van der Waals surface area contributed by atoms with Gasteiger partial charge >= 0.3 is 0 Å². The summed E-state index contributed by atoms with van der Waals surface area (Å²) in [6, 6.07) is 21.9. The van der Waals surface area contributed by atoms with Gasteiger partial charge in [0.25, 0.3) is 5.91 Å². The Kier molecular flexibility index (Phi) is 6.75. The van der Waals surface area contributed by atoms with E-state index in [1.165, 1.54) is 0 Å². The second-order valence-corrected chi connectivity index (χ2v) is 8.03. The number of carbonyl (C=O) groups excluding carboxylic acids is 2. The van der Waals surface area contributed by atoms with Gasteiger partial charge in [0.1, 0.15) is 0 Å². The van der Waals surface area contributed by atoms with Gasteiger partial charge in [-0.05, 0) is 35.2 Å². The van der Waals surface area contributed by atoms with E-state index in [0.717, 1.165) is 16.7 Å². The fraction of sp³-hybridized carbons (Fsp3) is 0.222. The number of benzene rings is 2. The van der Waals surface area contributed by atoms with Gasteiger partial charge in [-0.2, -0.15) is 0 Å². The molecule has 1 unspecified atom stereocenters. The number of amides is 2. The van der Waals surface area contributed by atoms with Crippen molar-refractivity contribution < 1.29 is 9.59 Å². The molecule has 4 rings (SSSR count). The number of rotatable bonds is 6. The maximum absolute atomic E-state index is 13.3. The molecule has 162 valence electrons. The minimum absolute atomic E-state index is 0.0660. The van der Waals surface area contributed by atoms with Crippen LogP contribution in [0.15, 0.2) is 91.8 Å². The van der Waals surface area contributed by atoms with Crippen LogP contribution in [0.3, 0.4) is 0 Å². The smallest absolute Gasteiger partial charge is 0.254 e. The summed E-state index contributed by atoms with van der Waals surface area (Å²) in [5, 5.41) is 0. The minimum atomic E-state index is -0.311. The van der Waals surface area contributed by atoms with E-state index in [9.17, 15) is 9.59 Å². The van der Waals surface area contributed by atoms with Crippen LogP contribution in [-0.4, -0.2) is 52.8 Å². The van der Waals surface area contributed by atoms with Crippen molar-refractivity contribution in [2.24, 2.45) is 5.92 Å². The molecular formula is C27H27N3O2. The lowest BCUT2D eigenvalue weighted by Crippen LogP contribution is -2.38. The molecule has 1 fully saturated rings. The standard InChI is InChI=1S/C27H27N3O2/c1-2-15-29-16-17-30(26(31)23-11-13-28-14-12-23)20-25(27(29)32)19-21-7-6-10-24(18-21)22-8-4-3-5-9-22/h2-14,18,25H,1,15-17,19-20H2. The molecule has 5 heteroatoms. The molecule has 0 N–H and O–H groups in total. The summed E-state index contributed by atoms with van der Waals surface area (Å²) in [4.78, 5) is 34.0. The summed E-state index contributed by atoms with van der Waals surface area (Å²) >= 11 is 0. The molecular weight excluding hydrogens is 398 g/mol. The third-order valence-corrected chi connectivity index (χ3v) is 5.82. The van der Waals surface area contributed by atoms with E-state index in [-0.39, 0.29) is 17.7 Å². The zero-order chi connectivity index (χ0) is 22.3. The second-order valence-electron chi connectivity index (χ2n) is 8.03. The van der Waals surface area contributed by atoms with Gasteiger partial charge in [-0.25, -0.2) is 0 Å². The average Bonchev–Trinajstić information content (AvgIpc) is 2.99. The number of hydrogen-bond donors (Lipinski definition) is 0. The summed E-state index contributed by atoms with van der Waals surface area (Å²) in [7, 11) is 0. The number of hydrogen-bond acceptors (Lipinski definition) is 3. The molecule has 2 amide bonds. The maximum atomic E-state index is 13.3. The Labute approximate surface area is 189 Å². The van der Waals surface area contributed by atoms with Crippen molar-refractivity contribution in [1.82, 2.24) is 14.8 Å². The van der Waals surface area contributed by atoms with Crippen LogP contribution in [0, 0.1) is 5.92 Å². The van der Waals surface area contributed by atoms with Gasteiger partial charge in [0, 0.05) is 44.1 Å². The normalized spacial score (nSPS) is 16.5. The topological polar surface area (TPSA) is 53.5 Å². The van der Waals surface area contributed by atoms with Crippen LogP contribution in [0.5, 0.6) is 0 Å². The van der Waals surface area contributed by atoms with Crippen molar-refractivity contribution in [1.29, 1.82) is 0 Å². The highest BCUT2D eigenvalue weighted by Crippen LogP contribution is 2.23. The van der Waals surface area contributed by atoms with Gasteiger partial charge in [0.2, 0.25) is 5.91 Å². The molecule has 2 heterocycles. The first-order valence-corrected chi connectivity index (χ1v) is 10.9. The molecule has 5 nitrogen and oxygen atoms in total. The summed E-state index contributed by atoms with van der Waals surface area (Å²) in [6.07, 6.45) is 5.55.